The molecule has 1 heterocycles. The van der Waals surface area contributed by atoms with Gasteiger partial charge in [0.25, 0.3) is 0 Å². The maximum Gasteiger partial charge on any atom is 0.160 e. The molecule has 5 heteroatoms. The minimum atomic E-state index is 0.688. The van der Waals surface area contributed by atoms with E-state index in [1.54, 1.807) is 14.2 Å². The van der Waals surface area contributed by atoms with Gasteiger partial charge in [-0.15, -0.1) is 0 Å². The molecule has 0 saturated carbocycles. The highest BCUT2D eigenvalue weighted by Gasteiger charge is 2.23. The predicted molar refractivity (Wildman–Crippen MR) is 151 cm³/mol. The first kappa shape index (κ1) is 25.2. The van der Waals surface area contributed by atoms with Crippen molar-refractivity contribution in [1.82, 2.24) is 0 Å². The lowest BCUT2D eigenvalue weighted by Crippen LogP contribution is -2.23. The molecule has 1 aliphatic rings. The van der Waals surface area contributed by atoms with Crippen LogP contribution in [0.25, 0.3) is 6.08 Å². The topological polar surface area (TPSA) is 46.4 Å². The van der Waals surface area contributed by atoms with Crippen molar-refractivity contribution in [1.29, 1.82) is 0 Å². The lowest BCUT2D eigenvalue weighted by Gasteiger charge is -2.23. The Morgan fingerprint density at radius 2 is 1.69 bits per heavy atom. The summed E-state index contributed by atoms with van der Waals surface area (Å²) in [5, 5.41) is 0. The number of hydrogen-bond donors (Lipinski definition) is 0. The van der Waals surface area contributed by atoms with Gasteiger partial charge in [0, 0.05) is 29.9 Å². The van der Waals surface area contributed by atoms with Gasteiger partial charge in [-0.2, -0.15) is 0 Å². The third kappa shape index (κ3) is 5.51. The van der Waals surface area contributed by atoms with Gasteiger partial charge in [-0.3, -0.25) is 0 Å². The number of ether oxygens (including phenoxy) is 2. The Balaban J connectivity index is 1.78. The molecule has 0 aromatic heterocycles. The molecule has 36 heavy (non-hydrogen) atoms. The first-order valence-electron chi connectivity index (χ1n) is 12.6. The van der Waals surface area contributed by atoms with Gasteiger partial charge in [-0.25, -0.2) is 9.98 Å². The van der Waals surface area contributed by atoms with Crippen LogP contribution in [-0.2, 0) is 0 Å². The molecule has 0 fully saturated rings. The van der Waals surface area contributed by atoms with Crippen LogP contribution in [0.1, 0.15) is 48.9 Å². The van der Waals surface area contributed by atoms with Crippen molar-refractivity contribution in [3.63, 3.8) is 0 Å². The fourth-order valence-corrected chi connectivity index (χ4v) is 4.35. The van der Waals surface area contributed by atoms with Crippen molar-refractivity contribution < 1.29 is 9.47 Å². The summed E-state index contributed by atoms with van der Waals surface area (Å²) in [7, 11) is 3.33. The van der Waals surface area contributed by atoms with Crippen LogP contribution in [0.15, 0.2) is 82.4 Å². The summed E-state index contributed by atoms with van der Waals surface area (Å²) in [5.41, 5.74) is 6.98. The molecule has 0 unspecified atom stereocenters. The number of aryl methyl sites for hydroxylation is 1. The summed E-state index contributed by atoms with van der Waals surface area (Å²) < 4.78 is 11.2. The number of unbranched alkanes of at least 4 members (excludes halogenated alkanes) is 1. The molecule has 4 rings (SSSR count). The molecular formula is C31H35N3O2. The molecule has 0 bridgehead atoms. The van der Waals surface area contributed by atoms with Gasteiger partial charge in [-0.1, -0.05) is 49.7 Å². The van der Waals surface area contributed by atoms with E-state index in [-0.39, 0.29) is 0 Å². The summed E-state index contributed by atoms with van der Waals surface area (Å²) in [6.45, 7) is 8.67. The molecule has 0 aliphatic carbocycles. The number of anilines is 1. The number of amidine groups is 1. The summed E-state index contributed by atoms with van der Waals surface area (Å²) in [5.74, 6) is 2.16. The van der Waals surface area contributed by atoms with E-state index in [0.717, 1.165) is 52.7 Å². The van der Waals surface area contributed by atoms with Crippen LogP contribution < -0.4 is 14.4 Å². The third-order valence-corrected chi connectivity index (χ3v) is 6.45. The van der Waals surface area contributed by atoms with E-state index in [0.29, 0.717) is 5.84 Å². The van der Waals surface area contributed by atoms with E-state index in [1.807, 2.05) is 48.5 Å². The van der Waals surface area contributed by atoms with Gasteiger partial charge in [-0.05, 0) is 67.8 Å². The minimum absolute atomic E-state index is 0.688. The molecule has 0 amide bonds. The molecule has 3 aromatic rings. The molecule has 0 saturated heterocycles. The van der Waals surface area contributed by atoms with E-state index in [1.165, 1.54) is 24.1 Å². The van der Waals surface area contributed by atoms with Gasteiger partial charge in [0.05, 0.1) is 19.9 Å². The molecule has 5 nitrogen and oxygen atoms in total. The molecular weight excluding hydrogens is 446 g/mol. The van der Waals surface area contributed by atoms with Crippen molar-refractivity contribution in [2.75, 3.05) is 32.2 Å². The van der Waals surface area contributed by atoms with E-state index in [4.69, 9.17) is 19.5 Å². The molecule has 0 radical (unpaired) electrons. The van der Waals surface area contributed by atoms with E-state index < -0.39 is 0 Å². The highest BCUT2D eigenvalue weighted by Crippen LogP contribution is 2.32. The SMILES string of the molecule is CCCCN(CC)c1ccc(C=C2N=C(c3ccccc3)N=C2c2cc(OC)ccc2OC)c(C)c1. The zero-order valence-corrected chi connectivity index (χ0v) is 21.9. The second kappa shape index (κ2) is 11.7. The molecule has 0 spiro atoms. The minimum Gasteiger partial charge on any atom is -0.497 e. The van der Waals surface area contributed by atoms with Gasteiger partial charge < -0.3 is 14.4 Å². The van der Waals surface area contributed by atoms with Gasteiger partial charge in [0.2, 0.25) is 0 Å². The molecule has 186 valence electrons. The zero-order chi connectivity index (χ0) is 25.5. The van der Waals surface area contributed by atoms with Gasteiger partial charge >= 0.3 is 0 Å². The summed E-state index contributed by atoms with van der Waals surface area (Å²) in [6, 6.07) is 22.5. The number of rotatable bonds is 10. The second-order valence-electron chi connectivity index (χ2n) is 8.83. The lowest BCUT2D eigenvalue weighted by molar-refractivity contribution is 0.402. The second-order valence-corrected chi connectivity index (χ2v) is 8.83. The Hall–Kier alpha value is -3.86. The molecule has 1 aliphatic heterocycles. The van der Waals surface area contributed by atoms with Gasteiger partial charge in [0.1, 0.15) is 17.2 Å². The third-order valence-electron chi connectivity index (χ3n) is 6.45. The Labute approximate surface area is 214 Å². The molecule has 0 atom stereocenters. The van der Waals surface area contributed by atoms with Gasteiger partial charge in [0.15, 0.2) is 5.84 Å². The van der Waals surface area contributed by atoms with Crippen LogP contribution >= 0.6 is 0 Å². The Bertz CT molecular complexity index is 1290. The van der Waals surface area contributed by atoms with Crippen molar-refractivity contribution in [3.8, 4) is 11.5 Å². The fraction of sp³-hybridized carbons (Fsp3) is 0.290. The summed E-state index contributed by atoms with van der Waals surface area (Å²) >= 11 is 0. The molecule has 3 aromatic carbocycles. The number of methoxy groups -OCH3 is 2. The monoisotopic (exact) mass is 481 g/mol. The first-order chi connectivity index (χ1) is 17.6. The average molecular weight is 482 g/mol. The maximum absolute atomic E-state index is 5.69. The van der Waals surface area contributed by atoms with Crippen molar-refractivity contribution in [3.05, 3.63) is 94.7 Å². The highest BCUT2D eigenvalue weighted by molar-refractivity contribution is 6.26. The smallest absolute Gasteiger partial charge is 0.160 e. The van der Waals surface area contributed by atoms with E-state index in [2.05, 4.69) is 49.9 Å². The number of benzene rings is 3. The summed E-state index contributed by atoms with van der Waals surface area (Å²) in [4.78, 5) is 12.4. The fourth-order valence-electron chi connectivity index (χ4n) is 4.35. The Morgan fingerprint density at radius 3 is 2.36 bits per heavy atom. The summed E-state index contributed by atoms with van der Waals surface area (Å²) in [6.07, 6.45) is 4.50. The normalized spacial score (nSPS) is 14.0. The number of hydrogen-bond acceptors (Lipinski definition) is 5. The zero-order valence-electron chi connectivity index (χ0n) is 21.9. The van der Waals surface area contributed by atoms with Crippen molar-refractivity contribution in [2.45, 2.75) is 33.6 Å². The maximum atomic E-state index is 5.69. The van der Waals surface area contributed by atoms with E-state index in [9.17, 15) is 0 Å². The largest absolute Gasteiger partial charge is 0.497 e. The van der Waals surface area contributed by atoms with Crippen LogP contribution in [0.3, 0.4) is 0 Å². The standard InChI is InChI=1S/C31H35N3O2/c1-6-8-18-34(7-2)25-15-14-24(22(3)19-25)20-28-30(27-21-26(35-4)16-17-29(27)36-5)33-31(32-28)23-12-10-9-11-13-23/h9-17,19-21H,6-8,18H2,1-5H3. The number of allylic oxidation sites excluding steroid dienone is 1. The molecule has 0 N–H and O–H groups in total. The van der Waals surface area contributed by atoms with E-state index >= 15 is 0 Å². The predicted octanol–water partition coefficient (Wildman–Crippen LogP) is 6.93. The highest BCUT2D eigenvalue weighted by atomic mass is 16.5. The van der Waals surface area contributed by atoms with Crippen molar-refractivity contribution in [2.24, 2.45) is 9.98 Å². The van der Waals surface area contributed by atoms with Crippen molar-refractivity contribution >= 4 is 23.3 Å². The quantitative estimate of drug-likeness (QED) is 0.315. The number of aliphatic imine (C=N–C) groups is 2. The van der Waals surface area contributed by atoms with Crippen LogP contribution in [0.5, 0.6) is 11.5 Å². The first-order valence-corrected chi connectivity index (χ1v) is 12.6. The van der Waals surface area contributed by atoms with Crippen LogP contribution in [-0.4, -0.2) is 38.9 Å². The number of nitrogens with zero attached hydrogens (tertiary/aromatic N) is 3. The van der Waals surface area contributed by atoms with Crippen LogP contribution in [0, 0.1) is 6.92 Å². The Morgan fingerprint density at radius 1 is 0.889 bits per heavy atom. The lowest BCUT2D eigenvalue weighted by atomic mass is 10.0. The van der Waals surface area contributed by atoms with Crippen LogP contribution in [0.2, 0.25) is 0 Å². The average Bonchev–Trinajstić information content (AvgIpc) is 3.34. The Kier molecular flexibility index (Phi) is 8.21. The van der Waals surface area contributed by atoms with Crippen LogP contribution in [0.4, 0.5) is 5.69 Å².